The van der Waals surface area contributed by atoms with E-state index < -0.39 is 21.9 Å². The van der Waals surface area contributed by atoms with Crippen LogP contribution in [0.4, 0.5) is 0 Å². The molecule has 0 aromatic heterocycles. The van der Waals surface area contributed by atoms with E-state index in [4.69, 9.17) is 11.6 Å². The van der Waals surface area contributed by atoms with E-state index in [0.29, 0.717) is 11.4 Å². The predicted molar refractivity (Wildman–Crippen MR) is 80.6 cm³/mol. The standard InChI is InChI=1S/C14H18ClNO4S/c1-9(14(17)20-2)8-21(18,19)16-13-7-6-10-11(13)4-3-5-12(10)15/h3-5,9,13,16H,6-8H2,1-2H3/t9-,13-/m0/s1. The van der Waals surface area contributed by atoms with Gasteiger partial charge >= 0.3 is 5.97 Å². The van der Waals surface area contributed by atoms with Crippen LogP contribution in [0, 0.1) is 5.92 Å². The number of carbonyl (C=O) groups is 1. The highest BCUT2D eigenvalue weighted by Crippen LogP contribution is 2.35. The number of carbonyl (C=O) groups excluding carboxylic acids is 1. The minimum Gasteiger partial charge on any atom is -0.469 e. The fourth-order valence-corrected chi connectivity index (χ4v) is 4.44. The summed E-state index contributed by atoms with van der Waals surface area (Å²) in [5.74, 6) is -1.52. The summed E-state index contributed by atoms with van der Waals surface area (Å²) < 4.78 is 31.5. The second kappa shape index (κ2) is 6.34. The Labute approximate surface area is 129 Å². The van der Waals surface area contributed by atoms with Gasteiger partial charge < -0.3 is 4.74 Å². The van der Waals surface area contributed by atoms with Crippen molar-refractivity contribution in [2.75, 3.05) is 12.9 Å². The molecule has 0 fully saturated rings. The molecule has 1 aliphatic carbocycles. The number of benzene rings is 1. The Morgan fingerprint density at radius 2 is 2.24 bits per heavy atom. The van der Waals surface area contributed by atoms with Gasteiger partial charge in [0, 0.05) is 11.1 Å². The molecule has 2 rings (SSSR count). The molecule has 21 heavy (non-hydrogen) atoms. The summed E-state index contributed by atoms with van der Waals surface area (Å²) in [6.45, 7) is 1.53. The molecule has 0 saturated heterocycles. The molecule has 1 aliphatic rings. The molecule has 5 nitrogen and oxygen atoms in total. The highest BCUT2D eigenvalue weighted by Gasteiger charge is 2.30. The van der Waals surface area contributed by atoms with Gasteiger partial charge in [0.2, 0.25) is 10.0 Å². The number of hydrogen-bond acceptors (Lipinski definition) is 4. The summed E-state index contributed by atoms with van der Waals surface area (Å²) in [7, 11) is -2.32. The maximum absolute atomic E-state index is 12.2. The summed E-state index contributed by atoms with van der Waals surface area (Å²) in [4.78, 5) is 11.3. The minimum atomic E-state index is -3.57. The number of sulfonamides is 1. The number of methoxy groups -OCH3 is 1. The first kappa shape index (κ1) is 16.3. The predicted octanol–water partition coefficient (Wildman–Crippen LogP) is 2.06. The minimum absolute atomic E-state index is 0.284. The Bertz CT molecular complexity index is 644. The number of fused-ring (bicyclic) bond motifs is 1. The van der Waals surface area contributed by atoms with Gasteiger partial charge in [0.1, 0.15) is 0 Å². The highest BCUT2D eigenvalue weighted by molar-refractivity contribution is 7.89. The number of halogens is 1. The molecule has 0 unspecified atom stereocenters. The van der Waals surface area contributed by atoms with E-state index in [9.17, 15) is 13.2 Å². The summed E-state index contributed by atoms with van der Waals surface area (Å²) in [5, 5.41) is 0.664. The third-order valence-electron chi connectivity index (χ3n) is 3.61. The van der Waals surface area contributed by atoms with Crippen molar-refractivity contribution in [1.29, 1.82) is 0 Å². The van der Waals surface area contributed by atoms with Crippen LogP contribution in [0.15, 0.2) is 18.2 Å². The molecule has 0 radical (unpaired) electrons. The fourth-order valence-electron chi connectivity index (χ4n) is 2.60. The Morgan fingerprint density at radius 1 is 1.52 bits per heavy atom. The Kier molecular flexibility index (Phi) is 4.91. The number of ether oxygens (including phenoxy) is 1. The molecule has 0 amide bonds. The Balaban J connectivity index is 2.10. The van der Waals surface area contributed by atoms with Crippen LogP contribution in [0.3, 0.4) is 0 Å². The molecule has 1 aromatic carbocycles. The molecule has 7 heteroatoms. The third-order valence-corrected chi connectivity index (χ3v) is 5.54. The largest absolute Gasteiger partial charge is 0.469 e. The monoisotopic (exact) mass is 331 g/mol. The van der Waals surface area contributed by atoms with E-state index in [1.807, 2.05) is 12.1 Å². The average molecular weight is 332 g/mol. The van der Waals surface area contributed by atoms with Crippen LogP contribution >= 0.6 is 11.6 Å². The molecule has 0 aliphatic heterocycles. The van der Waals surface area contributed by atoms with Gasteiger partial charge in [-0.1, -0.05) is 30.7 Å². The molecule has 1 aromatic rings. The van der Waals surface area contributed by atoms with Crippen LogP contribution in [0.1, 0.15) is 30.5 Å². The average Bonchev–Trinajstić information content (AvgIpc) is 2.81. The van der Waals surface area contributed by atoms with E-state index in [1.54, 1.807) is 6.07 Å². The number of esters is 1. The second-order valence-corrected chi connectivity index (χ2v) is 7.43. The summed E-state index contributed by atoms with van der Waals surface area (Å²) >= 11 is 6.11. The molecule has 1 N–H and O–H groups in total. The fraction of sp³-hybridized carbons (Fsp3) is 0.500. The molecule has 2 atom stereocenters. The zero-order chi connectivity index (χ0) is 15.6. The van der Waals surface area contributed by atoms with E-state index in [0.717, 1.165) is 17.5 Å². The second-order valence-electron chi connectivity index (χ2n) is 5.22. The molecule has 116 valence electrons. The maximum atomic E-state index is 12.2. The van der Waals surface area contributed by atoms with Crippen molar-refractivity contribution in [3.8, 4) is 0 Å². The molecule has 0 heterocycles. The van der Waals surface area contributed by atoms with Gasteiger partial charge in [-0.25, -0.2) is 13.1 Å². The number of hydrogen-bond donors (Lipinski definition) is 1. The van der Waals surface area contributed by atoms with Gasteiger partial charge in [0.25, 0.3) is 0 Å². The van der Waals surface area contributed by atoms with E-state index in [-0.39, 0.29) is 11.8 Å². The van der Waals surface area contributed by atoms with E-state index >= 15 is 0 Å². The van der Waals surface area contributed by atoms with Gasteiger partial charge in [-0.3, -0.25) is 4.79 Å². The van der Waals surface area contributed by atoms with Gasteiger partial charge in [-0.2, -0.15) is 0 Å². The van der Waals surface area contributed by atoms with Crippen LogP contribution in [-0.2, 0) is 26.0 Å². The van der Waals surface area contributed by atoms with Crippen LogP contribution in [-0.4, -0.2) is 27.2 Å². The lowest BCUT2D eigenvalue weighted by atomic mass is 10.1. The lowest BCUT2D eigenvalue weighted by molar-refractivity contribution is -0.144. The molecule has 0 saturated carbocycles. The quantitative estimate of drug-likeness (QED) is 0.838. The van der Waals surface area contributed by atoms with Crippen LogP contribution in [0.5, 0.6) is 0 Å². The highest BCUT2D eigenvalue weighted by atomic mass is 35.5. The SMILES string of the molecule is COC(=O)[C@@H](C)CS(=O)(=O)N[C@H]1CCc2c(Cl)cccc21. The first-order chi connectivity index (χ1) is 9.84. The molecular weight excluding hydrogens is 314 g/mol. The van der Waals surface area contributed by atoms with E-state index in [1.165, 1.54) is 14.0 Å². The summed E-state index contributed by atoms with van der Waals surface area (Å²) in [5.41, 5.74) is 1.91. The lowest BCUT2D eigenvalue weighted by Crippen LogP contribution is -2.34. The zero-order valence-corrected chi connectivity index (χ0v) is 13.5. The maximum Gasteiger partial charge on any atom is 0.309 e. The molecule has 0 bridgehead atoms. The lowest BCUT2D eigenvalue weighted by Gasteiger charge is -2.16. The van der Waals surface area contributed by atoms with Crippen molar-refractivity contribution in [2.24, 2.45) is 5.92 Å². The van der Waals surface area contributed by atoms with Gasteiger partial charge in [-0.15, -0.1) is 0 Å². The van der Waals surface area contributed by atoms with Crippen molar-refractivity contribution in [2.45, 2.75) is 25.8 Å². The molecular formula is C14H18ClNO4S. The van der Waals surface area contributed by atoms with E-state index in [2.05, 4.69) is 9.46 Å². The van der Waals surface area contributed by atoms with Gasteiger partial charge in [0.05, 0.1) is 18.8 Å². The topological polar surface area (TPSA) is 72.5 Å². The summed E-state index contributed by atoms with van der Waals surface area (Å²) in [6, 6.07) is 5.21. The smallest absolute Gasteiger partial charge is 0.309 e. The van der Waals surface area contributed by atoms with Crippen molar-refractivity contribution in [3.05, 3.63) is 34.3 Å². The van der Waals surface area contributed by atoms with Crippen molar-refractivity contribution < 1.29 is 17.9 Å². The Morgan fingerprint density at radius 3 is 2.90 bits per heavy atom. The zero-order valence-electron chi connectivity index (χ0n) is 11.9. The Hall–Kier alpha value is -1.11. The van der Waals surface area contributed by atoms with Crippen molar-refractivity contribution >= 4 is 27.6 Å². The number of nitrogens with one attached hydrogen (secondary N) is 1. The van der Waals surface area contributed by atoms with Crippen LogP contribution in [0.2, 0.25) is 5.02 Å². The first-order valence-electron chi connectivity index (χ1n) is 6.69. The normalized spacial score (nSPS) is 19.1. The van der Waals surface area contributed by atoms with Gasteiger partial charge in [0.15, 0.2) is 0 Å². The number of rotatable bonds is 5. The first-order valence-corrected chi connectivity index (χ1v) is 8.72. The van der Waals surface area contributed by atoms with Crippen LogP contribution < -0.4 is 4.72 Å². The third kappa shape index (κ3) is 3.75. The van der Waals surface area contributed by atoms with Crippen molar-refractivity contribution in [3.63, 3.8) is 0 Å². The van der Waals surface area contributed by atoms with Gasteiger partial charge in [-0.05, 0) is 30.0 Å². The van der Waals surface area contributed by atoms with Crippen molar-refractivity contribution in [1.82, 2.24) is 4.72 Å². The van der Waals surface area contributed by atoms with Crippen LogP contribution in [0.25, 0.3) is 0 Å². The molecule has 0 spiro atoms. The summed E-state index contributed by atoms with van der Waals surface area (Å²) in [6.07, 6.45) is 1.42.